The zero-order valence-corrected chi connectivity index (χ0v) is 12.6. The Morgan fingerprint density at radius 2 is 2.16 bits per heavy atom. The van der Waals surface area contributed by atoms with E-state index in [4.69, 9.17) is 16.7 Å². The lowest BCUT2D eigenvalue weighted by molar-refractivity contribution is 0.263. The maximum atomic E-state index is 9.03. The summed E-state index contributed by atoms with van der Waals surface area (Å²) >= 11 is 6.22. The van der Waals surface area contributed by atoms with Gasteiger partial charge in [-0.25, -0.2) is 9.97 Å². The third-order valence-corrected chi connectivity index (χ3v) is 4.09. The molecule has 1 atom stereocenters. The Labute approximate surface area is 119 Å². The highest BCUT2D eigenvalue weighted by Gasteiger charge is 2.25. The summed E-state index contributed by atoms with van der Waals surface area (Å²) in [6.07, 6.45) is 1.98. The first-order valence-corrected chi connectivity index (χ1v) is 7.30. The van der Waals surface area contributed by atoms with E-state index in [0.717, 1.165) is 43.1 Å². The molecule has 4 nitrogen and oxygen atoms in total. The lowest BCUT2D eigenvalue weighted by Gasteiger charge is -2.21. The molecule has 1 fully saturated rings. The van der Waals surface area contributed by atoms with Crippen LogP contribution in [0.15, 0.2) is 0 Å². The fourth-order valence-corrected chi connectivity index (χ4v) is 2.67. The highest BCUT2D eigenvalue weighted by Crippen LogP contribution is 2.30. The van der Waals surface area contributed by atoms with Gasteiger partial charge < -0.3 is 10.0 Å². The molecule has 1 N–H and O–H groups in total. The first-order chi connectivity index (χ1) is 9.02. The van der Waals surface area contributed by atoms with Gasteiger partial charge in [-0.05, 0) is 25.7 Å². The minimum Gasteiger partial charge on any atom is -0.396 e. The van der Waals surface area contributed by atoms with E-state index in [1.165, 1.54) is 0 Å². The van der Waals surface area contributed by atoms with Crippen LogP contribution in [0.4, 0.5) is 5.82 Å². The minimum atomic E-state index is 0.263. The van der Waals surface area contributed by atoms with Crippen molar-refractivity contribution >= 4 is 17.4 Å². The second kappa shape index (κ2) is 6.06. The van der Waals surface area contributed by atoms with Crippen LogP contribution < -0.4 is 4.90 Å². The highest BCUT2D eigenvalue weighted by atomic mass is 35.5. The van der Waals surface area contributed by atoms with Crippen LogP contribution in [-0.2, 0) is 0 Å². The molecule has 1 aromatic heterocycles. The fraction of sp³-hybridized carbons (Fsp3) is 0.714. The molecule has 0 bridgehead atoms. The topological polar surface area (TPSA) is 49.2 Å². The van der Waals surface area contributed by atoms with E-state index in [1.54, 1.807) is 0 Å². The monoisotopic (exact) mass is 283 g/mol. The van der Waals surface area contributed by atoms with Crippen molar-refractivity contribution in [3.8, 4) is 0 Å². The van der Waals surface area contributed by atoms with Crippen molar-refractivity contribution in [1.82, 2.24) is 9.97 Å². The average molecular weight is 284 g/mol. The van der Waals surface area contributed by atoms with Gasteiger partial charge in [0.1, 0.15) is 16.8 Å². The van der Waals surface area contributed by atoms with Gasteiger partial charge in [0.25, 0.3) is 0 Å². The molecule has 106 valence electrons. The molecule has 0 spiro atoms. The summed E-state index contributed by atoms with van der Waals surface area (Å²) in [5.41, 5.74) is 0.954. The van der Waals surface area contributed by atoms with Crippen LogP contribution in [0.25, 0.3) is 0 Å². The lowest BCUT2D eigenvalue weighted by Crippen LogP contribution is -2.23. The predicted molar refractivity (Wildman–Crippen MR) is 77.9 cm³/mol. The van der Waals surface area contributed by atoms with E-state index in [-0.39, 0.29) is 12.5 Å². The molecule has 1 aliphatic rings. The van der Waals surface area contributed by atoms with Crippen LogP contribution in [0, 0.1) is 12.8 Å². The average Bonchev–Trinajstić information content (AvgIpc) is 2.81. The Hall–Kier alpha value is -0.870. The molecule has 19 heavy (non-hydrogen) atoms. The number of halogens is 1. The molecule has 0 aromatic carbocycles. The summed E-state index contributed by atoms with van der Waals surface area (Å²) < 4.78 is 0. The van der Waals surface area contributed by atoms with Crippen LogP contribution in [-0.4, -0.2) is 34.8 Å². The molecule has 0 aliphatic carbocycles. The van der Waals surface area contributed by atoms with Gasteiger partial charge in [-0.3, -0.25) is 0 Å². The van der Waals surface area contributed by atoms with Gasteiger partial charge in [-0.2, -0.15) is 0 Å². The maximum Gasteiger partial charge on any atom is 0.137 e. The maximum absolute atomic E-state index is 9.03. The predicted octanol–water partition coefficient (Wildman–Crippen LogP) is 2.77. The Kier molecular flexibility index (Phi) is 4.63. The van der Waals surface area contributed by atoms with Gasteiger partial charge in [0, 0.05) is 31.2 Å². The second-order valence-corrected chi connectivity index (χ2v) is 5.95. The van der Waals surface area contributed by atoms with Crippen LogP contribution in [0.3, 0.4) is 0 Å². The Balaban J connectivity index is 2.24. The molecule has 2 rings (SSSR count). The van der Waals surface area contributed by atoms with Gasteiger partial charge in [0.2, 0.25) is 0 Å². The largest absolute Gasteiger partial charge is 0.396 e. The van der Waals surface area contributed by atoms with E-state index >= 15 is 0 Å². The molecule has 0 amide bonds. The number of aromatic nitrogens is 2. The molecule has 1 unspecified atom stereocenters. The number of hydrogen-bond acceptors (Lipinski definition) is 4. The van der Waals surface area contributed by atoms with Gasteiger partial charge in [0.05, 0.1) is 0 Å². The number of nitrogens with zero attached hydrogens (tertiary/aromatic N) is 3. The SMILES string of the molecule is Cc1c(Cl)nc(C(C)C)nc1N1CCC(CCO)C1. The van der Waals surface area contributed by atoms with Gasteiger partial charge in [-0.1, -0.05) is 25.4 Å². The number of aliphatic hydroxyl groups excluding tert-OH is 1. The summed E-state index contributed by atoms with van der Waals surface area (Å²) in [6.45, 7) is 8.32. The molecular formula is C14H22ClN3O. The standard InChI is InChI=1S/C14H22ClN3O/c1-9(2)13-16-12(15)10(3)14(17-13)18-6-4-11(8-18)5-7-19/h9,11,19H,4-8H2,1-3H3. The number of anilines is 1. The smallest absolute Gasteiger partial charge is 0.137 e. The van der Waals surface area contributed by atoms with Crippen molar-refractivity contribution in [2.24, 2.45) is 5.92 Å². The molecule has 5 heteroatoms. The zero-order chi connectivity index (χ0) is 14.0. The third-order valence-electron chi connectivity index (χ3n) is 3.72. The fourth-order valence-electron chi connectivity index (χ4n) is 2.50. The van der Waals surface area contributed by atoms with E-state index in [1.807, 2.05) is 6.92 Å². The van der Waals surface area contributed by atoms with E-state index < -0.39 is 0 Å². The number of hydrogen-bond donors (Lipinski definition) is 1. The number of aliphatic hydroxyl groups is 1. The van der Waals surface area contributed by atoms with Crippen molar-refractivity contribution in [3.63, 3.8) is 0 Å². The van der Waals surface area contributed by atoms with E-state index in [9.17, 15) is 0 Å². The minimum absolute atomic E-state index is 0.263. The Bertz CT molecular complexity index is 451. The second-order valence-electron chi connectivity index (χ2n) is 5.59. The van der Waals surface area contributed by atoms with Crippen molar-refractivity contribution in [2.45, 2.75) is 39.5 Å². The molecule has 0 saturated carbocycles. The zero-order valence-electron chi connectivity index (χ0n) is 11.9. The first kappa shape index (κ1) is 14.5. The first-order valence-electron chi connectivity index (χ1n) is 6.92. The number of rotatable bonds is 4. The summed E-state index contributed by atoms with van der Waals surface area (Å²) in [6, 6.07) is 0. The summed E-state index contributed by atoms with van der Waals surface area (Å²) in [5, 5.41) is 9.59. The van der Waals surface area contributed by atoms with E-state index in [0.29, 0.717) is 11.1 Å². The molecular weight excluding hydrogens is 262 g/mol. The Morgan fingerprint density at radius 3 is 2.79 bits per heavy atom. The summed E-state index contributed by atoms with van der Waals surface area (Å²) in [4.78, 5) is 11.3. The third kappa shape index (κ3) is 3.18. The molecule has 1 aromatic rings. The van der Waals surface area contributed by atoms with Crippen molar-refractivity contribution in [2.75, 3.05) is 24.6 Å². The lowest BCUT2D eigenvalue weighted by atomic mass is 10.1. The summed E-state index contributed by atoms with van der Waals surface area (Å²) in [7, 11) is 0. The van der Waals surface area contributed by atoms with Crippen LogP contribution in [0.1, 0.15) is 44.0 Å². The van der Waals surface area contributed by atoms with Crippen LogP contribution in [0.5, 0.6) is 0 Å². The van der Waals surface area contributed by atoms with Gasteiger partial charge in [-0.15, -0.1) is 0 Å². The van der Waals surface area contributed by atoms with Gasteiger partial charge in [0.15, 0.2) is 0 Å². The Morgan fingerprint density at radius 1 is 1.42 bits per heavy atom. The van der Waals surface area contributed by atoms with Crippen molar-refractivity contribution in [3.05, 3.63) is 16.5 Å². The van der Waals surface area contributed by atoms with Crippen LogP contribution >= 0.6 is 11.6 Å². The highest BCUT2D eigenvalue weighted by molar-refractivity contribution is 6.30. The molecule has 2 heterocycles. The molecule has 1 saturated heterocycles. The van der Waals surface area contributed by atoms with Gasteiger partial charge >= 0.3 is 0 Å². The van der Waals surface area contributed by atoms with Crippen LogP contribution in [0.2, 0.25) is 5.15 Å². The van der Waals surface area contributed by atoms with Crippen molar-refractivity contribution in [1.29, 1.82) is 0 Å². The molecule has 0 radical (unpaired) electrons. The molecule has 1 aliphatic heterocycles. The van der Waals surface area contributed by atoms with E-state index in [2.05, 4.69) is 28.7 Å². The van der Waals surface area contributed by atoms with Crippen molar-refractivity contribution < 1.29 is 5.11 Å². The normalized spacial score (nSPS) is 19.5. The summed E-state index contributed by atoms with van der Waals surface area (Å²) in [5.74, 6) is 2.59. The quantitative estimate of drug-likeness (QED) is 0.863.